The molecule has 7 heteroatoms. The minimum Gasteiger partial charge on any atom is -0.354 e. The minimum atomic E-state index is -4.43. The Labute approximate surface area is 167 Å². The second kappa shape index (κ2) is 8.53. The molecular weight excluding hydrogens is 379 g/mol. The fourth-order valence-electron chi connectivity index (χ4n) is 2.97. The normalized spacial score (nSPS) is 11.7. The summed E-state index contributed by atoms with van der Waals surface area (Å²) < 4.78 is 39.3. The molecule has 0 saturated heterocycles. The highest BCUT2D eigenvalue weighted by Crippen LogP contribution is 2.34. The SMILES string of the molecule is CN(C)CCNC(=O)c1cc(-c2cccc(C(F)(F)F)c2)[nH]c1-c1ccccc1. The molecule has 4 nitrogen and oxygen atoms in total. The average Bonchev–Trinajstić information content (AvgIpc) is 3.13. The molecule has 3 rings (SSSR count). The second-order valence-corrected chi connectivity index (χ2v) is 6.98. The molecular formula is C22H22F3N3O. The van der Waals surface area contributed by atoms with E-state index in [0.717, 1.165) is 17.7 Å². The van der Waals surface area contributed by atoms with Crippen molar-refractivity contribution in [3.8, 4) is 22.5 Å². The zero-order valence-electron chi connectivity index (χ0n) is 16.2. The van der Waals surface area contributed by atoms with Crippen molar-refractivity contribution in [1.82, 2.24) is 15.2 Å². The number of alkyl halides is 3. The summed E-state index contributed by atoms with van der Waals surface area (Å²) in [6, 6.07) is 15.9. The van der Waals surface area contributed by atoms with Gasteiger partial charge in [0.1, 0.15) is 0 Å². The maximum absolute atomic E-state index is 13.1. The lowest BCUT2D eigenvalue weighted by Gasteiger charge is -2.10. The van der Waals surface area contributed by atoms with Gasteiger partial charge < -0.3 is 15.2 Å². The van der Waals surface area contributed by atoms with Crippen LogP contribution in [0.15, 0.2) is 60.7 Å². The van der Waals surface area contributed by atoms with Gasteiger partial charge >= 0.3 is 6.18 Å². The van der Waals surface area contributed by atoms with Gasteiger partial charge in [0.15, 0.2) is 0 Å². The number of H-pyrrole nitrogens is 1. The first-order chi connectivity index (χ1) is 13.8. The van der Waals surface area contributed by atoms with Crippen LogP contribution in [-0.2, 0) is 6.18 Å². The van der Waals surface area contributed by atoms with Crippen LogP contribution in [0.3, 0.4) is 0 Å². The summed E-state index contributed by atoms with van der Waals surface area (Å²) in [6.07, 6.45) is -4.43. The van der Waals surface area contributed by atoms with Crippen molar-refractivity contribution in [1.29, 1.82) is 0 Å². The van der Waals surface area contributed by atoms with E-state index in [1.807, 2.05) is 49.3 Å². The highest BCUT2D eigenvalue weighted by Gasteiger charge is 2.30. The predicted molar refractivity (Wildman–Crippen MR) is 108 cm³/mol. The zero-order chi connectivity index (χ0) is 21.0. The number of carbonyl (C=O) groups is 1. The second-order valence-electron chi connectivity index (χ2n) is 6.98. The van der Waals surface area contributed by atoms with Gasteiger partial charge in [-0.05, 0) is 43.4 Å². The largest absolute Gasteiger partial charge is 0.416 e. The summed E-state index contributed by atoms with van der Waals surface area (Å²) in [6.45, 7) is 1.14. The third-order valence-electron chi connectivity index (χ3n) is 4.47. The van der Waals surface area contributed by atoms with Gasteiger partial charge in [-0.25, -0.2) is 0 Å². The van der Waals surface area contributed by atoms with Crippen LogP contribution < -0.4 is 5.32 Å². The van der Waals surface area contributed by atoms with Crippen molar-refractivity contribution in [3.05, 3.63) is 71.8 Å². The Kier molecular flexibility index (Phi) is 6.08. The molecule has 0 aliphatic carbocycles. The molecule has 152 valence electrons. The summed E-state index contributed by atoms with van der Waals surface area (Å²) in [5.74, 6) is -0.278. The van der Waals surface area contributed by atoms with E-state index in [4.69, 9.17) is 0 Å². The topological polar surface area (TPSA) is 48.1 Å². The highest BCUT2D eigenvalue weighted by atomic mass is 19.4. The Morgan fingerprint density at radius 2 is 1.69 bits per heavy atom. The van der Waals surface area contributed by atoms with Crippen molar-refractivity contribution in [2.75, 3.05) is 27.2 Å². The van der Waals surface area contributed by atoms with Crippen LogP contribution >= 0.6 is 0 Å². The third-order valence-corrected chi connectivity index (χ3v) is 4.47. The fraction of sp³-hybridized carbons (Fsp3) is 0.227. The molecule has 0 saturated carbocycles. The number of aromatic nitrogens is 1. The molecule has 29 heavy (non-hydrogen) atoms. The lowest BCUT2D eigenvalue weighted by atomic mass is 10.1. The van der Waals surface area contributed by atoms with Crippen molar-refractivity contribution in [3.63, 3.8) is 0 Å². The van der Waals surface area contributed by atoms with E-state index in [9.17, 15) is 18.0 Å². The summed E-state index contributed by atoms with van der Waals surface area (Å²) >= 11 is 0. The Hall–Kier alpha value is -3.06. The smallest absolute Gasteiger partial charge is 0.354 e. The van der Waals surface area contributed by atoms with E-state index in [1.54, 1.807) is 12.1 Å². The van der Waals surface area contributed by atoms with E-state index < -0.39 is 11.7 Å². The summed E-state index contributed by atoms with van der Waals surface area (Å²) in [5, 5.41) is 2.86. The van der Waals surface area contributed by atoms with Crippen molar-refractivity contribution in [2.24, 2.45) is 0 Å². The van der Waals surface area contributed by atoms with Gasteiger partial charge in [0.2, 0.25) is 0 Å². The molecule has 3 aromatic rings. The molecule has 0 bridgehead atoms. The number of hydrogen-bond donors (Lipinski definition) is 2. The Bertz CT molecular complexity index is 978. The summed E-state index contributed by atoms with van der Waals surface area (Å²) in [7, 11) is 3.81. The molecule has 0 spiro atoms. The Morgan fingerprint density at radius 3 is 2.34 bits per heavy atom. The van der Waals surface area contributed by atoms with Crippen LogP contribution in [0.5, 0.6) is 0 Å². The van der Waals surface area contributed by atoms with Crippen LogP contribution in [0.25, 0.3) is 22.5 Å². The summed E-state index contributed by atoms with van der Waals surface area (Å²) in [4.78, 5) is 17.8. The number of carbonyl (C=O) groups excluding carboxylic acids is 1. The number of halogens is 3. The van der Waals surface area contributed by atoms with E-state index in [2.05, 4.69) is 10.3 Å². The number of nitrogens with zero attached hydrogens (tertiary/aromatic N) is 1. The van der Waals surface area contributed by atoms with Crippen LogP contribution in [0.1, 0.15) is 15.9 Å². The fourth-order valence-corrected chi connectivity index (χ4v) is 2.97. The molecule has 1 amide bonds. The standard InChI is InChI=1S/C22H22F3N3O/c1-28(2)12-11-26-21(29)18-14-19(27-20(18)15-7-4-3-5-8-15)16-9-6-10-17(13-16)22(23,24)25/h3-10,13-14,27H,11-12H2,1-2H3,(H,26,29). The first-order valence-corrected chi connectivity index (χ1v) is 9.14. The van der Waals surface area contributed by atoms with Crippen LogP contribution in [-0.4, -0.2) is 43.0 Å². The molecule has 2 N–H and O–H groups in total. The molecule has 0 aliphatic rings. The van der Waals surface area contributed by atoms with Crippen molar-refractivity contribution < 1.29 is 18.0 Å². The number of benzene rings is 2. The summed E-state index contributed by atoms with van der Waals surface area (Å²) in [5.41, 5.74) is 1.83. The first kappa shape index (κ1) is 20.7. The lowest BCUT2D eigenvalue weighted by molar-refractivity contribution is -0.137. The van der Waals surface area contributed by atoms with Crippen LogP contribution in [0.2, 0.25) is 0 Å². The molecule has 0 unspecified atom stereocenters. The Morgan fingerprint density at radius 1 is 1.00 bits per heavy atom. The quantitative estimate of drug-likeness (QED) is 0.631. The number of aromatic amines is 1. The van der Waals surface area contributed by atoms with Gasteiger partial charge in [0.05, 0.1) is 16.8 Å². The third kappa shape index (κ3) is 5.06. The van der Waals surface area contributed by atoms with E-state index in [-0.39, 0.29) is 5.91 Å². The van der Waals surface area contributed by atoms with E-state index in [0.29, 0.717) is 35.6 Å². The molecule has 0 fully saturated rings. The number of hydrogen-bond acceptors (Lipinski definition) is 2. The van der Waals surface area contributed by atoms with Crippen LogP contribution in [0, 0.1) is 0 Å². The number of rotatable bonds is 6. The number of likely N-dealkylation sites (N-methyl/N-ethyl adjacent to an activating group) is 1. The van der Waals surface area contributed by atoms with Gasteiger partial charge in [-0.1, -0.05) is 42.5 Å². The molecule has 1 heterocycles. The first-order valence-electron chi connectivity index (χ1n) is 9.14. The highest BCUT2D eigenvalue weighted by molar-refractivity contribution is 6.01. The molecule has 0 aliphatic heterocycles. The average molecular weight is 401 g/mol. The van der Waals surface area contributed by atoms with Gasteiger partial charge in [-0.3, -0.25) is 4.79 Å². The maximum Gasteiger partial charge on any atom is 0.416 e. The van der Waals surface area contributed by atoms with Crippen molar-refractivity contribution >= 4 is 5.91 Å². The zero-order valence-corrected chi connectivity index (χ0v) is 16.2. The maximum atomic E-state index is 13.1. The number of nitrogens with one attached hydrogen (secondary N) is 2. The van der Waals surface area contributed by atoms with Crippen molar-refractivity contribution in [2.45, 2.75) is 6.18 Å². The van der Waals surface area contributed by atoms with Gasteiger partial charge in [-0.15, -0.1) is 0 Å². The van der Waals surface area contributed by atoms with Gasteiger partial charge in [0, 0.05) is 18.8 Å². The molecule has 0 atom stereocenters. The van der Waals surface area contributed by atoms with Gasteiger partial charge in [0.25, 0.3) is 5.91 Å². The molecule has 0 radical (unpaired) electrons. The minimum absolute atomic E-state index is 0.278. The van der Waals surface area contributed by atoms with Gasteiger partial charge in [-0.2, -0.15) is 13.2 Å². The van der Waals surface area contributed by atoms with Crippen LogP contribution in [0.4, 0.5) is 13.2 Å². The molecule has 1 aromatic heterocycles. The van der Waals surface area contributed by atoms with E-state index >= 15 is 0 Å². The monoisotopic (exact) mass is 401 g/mol. The molecule has 2 aromatic carbocycles. The lowest BCUT2D eigenvalue weighted by Crippen LogP contribution is -2.31. The Balaban J connectivity index is 2.00. The van der Waals surface area contributed by atoms with E-state index in [1.165, 1.54) is 6.07 Å². The number of amides is 1. The predicted octanol–water partition coefficient (Wildman–Crippen LogP) is 4.66.